The van der Waals surface area contributed by atoms with Crippen molar-refractivity contribution in [1.82, 2.24) is 0 Å². The molecule has 0 rings (SSSR count). The van der Waals surface area contributed by atoms with E-state index >= 15 is 0 Å². The summed E-state index contributed by atoms with van der Waals surface area (Å²) in [7, 11) is 0.126. The molecule has 0 amide bonds. The van der Waals surface area contributed by atoms with Crippen molar-refractivity contribution < 1.29 is 35.6 Å². The number of rotatable bonds is 5. The normalized spacial score (nSPS) is 8.77. The smallest absolute Gasteiger partial charge is 0.0410 e. The van der Waals surface area contributed by atoms with Crippen LogP contribution in [0.15, 0.2) is 0 Å². The van der Waals surface area contributed by atoms with E-state index in [9.17, 15) is 0 Å². The van der Waals surface area contributed by atoms with Gasteiger partial charge in [0, 0.05) is 44.4 Å². The zero-order valence-corrected chi connectivity index (χ0v) is 14.7. The third-order valence-electron chi connectivity index (χ3n) is 1.81. The quantitative estimate of drug-likeness (QED) is 0.395. The van der Waals surface area contributed by atoms with Gasteiger partial charge >= 0.3 is 0 Å². The molecule has 0 aliphatic carbocycles. The monoisotopic (exact) mass is 325 g/mol. The molecular weight excluding hydrogens is 299 g/mol. The van der Waals surface area contributed by atoms with Gasteiger partial charge in [-0.15, -0.1) is 0 Å². The van der Waals surface area contributed by atoms with Gasteiger partial charge in [0.25, 0.3) is 0 Å². The Labute approximate surface area is 115 Å². The third-order valence-corrected chi connectivity index (χ3v) is 3.22. The summed E-state index contributed by atoms with van der Waals surface area (Å²) in [5, 5.41) is 0. The Morgan fingerprint density at radius 2 is 1.46 bits per heavy atom. The maximum absolute atomic E-state index is 3.76. The van der Waals surface area contributed by atoms with Gasteiger partial charge in [0.15, 0.2) is 0 Å². The van der Waals surface area contributed by atoms with Gasteiger partial charge < -0.3 is 6.92 Å². The maximum Gasteiger partial charge on any atom is 0.0410 e. The average Bonchev–Trinajstić information content (AvgIpc) is 2.07. The maximum atomic E-state index is 3.76. The fourth-order valence-corrected chi connectivity index (χ4v) is 0.604. The first-order chi connectivity index (χ1) is 5.68. The summed E-state index contributed by atoms with van der Waals surface area (Å²) in [4.78, 5) is 0. The Morgan fingerprint density at radius 3 is 1.69 bits per heavy atom. The van der Waals surface area contributed by atoms with Gasteiger partial charge in [0.05, 0.1) is 0 Å². The Bertz CT molecular complexity index is 61.1. The van der Waals surface area contributed by atoms with E-state index in [-0.39, 0.29) is 44.4 Å². The van der Waals surface area contributed by atoms with E-state index in [1.165, 1.54) is 31.7 Å². The minimum Gasteiger partial charge on any atom is -0.343 e. The zero-order valence-electron chi connectivity index (χ0n) is 10.0. The van der Waals surface area contributed by atoms with E-state index in [1.54, 1.807) is 0 Å². The second-order valence-corrected chi connectivity index (χ2v) is 6.60. The van der Waals surface area contributed by atoms with Gasteiger partial charge in [-0.1, -0.05) is 58.7 Å². The predicted octanol–water partition coefficient (Wildman–Crippen LogP) is 4.55. The van der Waals surface area contributed by atoms with Gasteiger partial charge in [-0.05, 0) is 0 Å². The van der Waals surface area contributed by atoms with Crippen molar-refractivity contribution >= 4 is 8.80 Å². The molecule has 2 radical (unpaired) electrons. The van der Waals surface area contributed by atoms with Crippen LogP contribution in [0, 0.1) is 42.5 Å². The van der Waals surface area contributed by atoms with Crippen molar-refractivity contribution in [3.05, 3.63) is 6.92 Å². The summed E-state index contributed by atoms with van der Waals surface area (Å²) in [6, 6.07) is 1.41. The molecule has 0 aromatic heterocycles. The van der Waals surface area contributed by atoms with Gasteiger partial charge in [-0.2, -0.15) is 6.42 Å². The van der Waals surface area contributed by atoms with Gasteiger partial charge in [-0.25, -0.2) is 0 Å². The SMILES string of the molecule is CC[Si](C)C.[CH2-]CCCCCC.[La]. The number of hydrogen-bond acceptors (Lipinski definition) is 0. The minimum atomic E-state index is 0. The summed E-state index contributed by atoms with van der Waals surface area (Å²) >= 11 is 0. The largest absolute Gasteiger partial charge is 0.343 e. The summed E-state index contributed by atoms with van der Waals surface area (Å²) in [5.74, 6) is 0. The van der Waals surface area contributed by atoms with E-state index in [1.807, 2.05) is 0 Å². The topological polar surface area (TPSA) is 0 Å². The first kappa shape index (κ1) is 19.9. The zero-order chi connectivity index (χ0) is 9.82. The van der Waals surface area contributed by atoms with Crippen LogP contribution in [0.2, 0.25) is 19.1 Å². The van der Waals surface area contributed by atoms with Crippen molar-refractivity contribution in [2.45, 2.75) is 65.1 Å². The molecule has 0 saturated heterocycles. The molecule has 78 valence electrons. The summed E-state index contributed by atoms with van der Waals surface area (Å²) in [5.41, 5.74) is 0. The van der Waals surface area contributed by atoms with Crippen LogP contribution >= 0.6 is 0 Å². The Morgan fingerprint density at radius 1 is 1.00 bits per heavy atom. The molecule has 0 unspecified atom stereocenters. The van der Waals surface area contributed by atoms with Crippen molar-refractivity contribution in [2.24, 2.45) is 0 Å². The molecule has 0 heterocycles. The predicted molar refractivity (Wildman–Crippen MR) is 62.1 cm³/mol. The van der Waals surface area contributed by atoms with Crippen LogP contribution in [0.5, 0.6) is 0 Å². The molecular formula is C11H26LaSi-. The Kier molecular flexibility index (Phi) is 29.2. The van der Waals surface area contributed by atoms with Crippen LogP contribution < -0.4 is 0 Å². The van der Waals surface area contributed by atoms with Gasteiger partial charge in [-0.3, -0.25) is 0 Å². The molecule has 13 heavy (non-hydrogen) atoms. The van der Waals surface area contributed by atoms with Gasteiger partial charge in [0.2, 0.25) is 0 Å². The van der Waals surface area contributed by atoms with Crippen molar-refractivity contribution in [2.75, 3.05) is 0 Å². The molecule has 0 aromatic carbocycles. The number of unbranched alkanes of at least 4 members (excludes halogenated alkanes) is 4. The standard InChI is InChI=1S/C7H15.C4H11Si.La/c1-3-5-7-6-4-2;1-4-5(2)3;/h1,3-7H2,2H3;4H2,1-3H3;/q-1;;. The summed E-state index contributed by atoms with van der Waals surface area (Å²) in [6.45, 7) is 12.9. The van der Waals surface area contributed by atoms with Crippen LogP contribution in [0.3, 0.4) is 0 Å². The van der Waals surface area contributed by atoms with Crippen LogP contribution in [0.4, 0.5) is 0 Å². The van der Waals surface area contributed by atoms with Crippen LogP contribution in [-0.4, -0.2) is 8.80 Å². The molecule has 0 saturated carbocycles. The fourth-order valence-electron chi connectivity index (χ4n) is 0.604. The van der Waals surface area contributed by atoms with E-state index in [2.05, 4.69) is 33.9 Å². The fraction of sp³-hybridized carbons (Fsp3) is 0.909. The second-order valence-electron chi connectivity index (χ2n) is 3.47. The molecule has 0 aliphatic heterocycles. The Hall–Kier alpha value is 1.41. The molecule has 0 aliphatic rings. The van der Waals surface area contributed by atoms with Crippen molar-refractivity contribution in [3.63, 3.8) is 0 Å². The molecule has 0 spiro atoms. The molecule has 0 aromatic rings. The van der Waals surface area contributed by atoms with Crippen LogP contribution in [-0.2, 0) is 0 Å². The summed E-state index contributed by atoms with van der Waals surface area (Å²) in [6.07, 6.45) is 6.52. The van der Waals surface area contributed by atoms with E-state index < -0.39 is 0 Å². The van der Waals surface area contributed by atoms with Crippen molar-refractivity contribution in [3.8, 4) is 0 Å². The number of hydrogen-bond donors (Lipinski definition) is 0. The van der Waals surface area contributed by atoms with Gasteiger partial charge in [0.1, 0.15) is 0 Å². The molecule has 0 bridgehead atoms. The average molecular weight is 325 g/mol. The first-order valence-electron chi connectivity index (χ1n) is 5.27. The summed E-state index contributed by atoms with van der Waals surface area (Å²) < 4.78 is 0. The van der Waals surface area contributed by atoms with Crippen LogP contribution in [0.1, 0.15) is 46.0 Å². The third kappa shape index (κ3) is 31.8. The van der Waals surface area contributed by atoms with Crippen LogP contribution in [0.25, 0.3) is 0 Å². The molecule has 0 fully saturated rings. The Balaban J connectivity index is -0.000000150. The van der Waals surface area contributed by atoms with E-state index in [0.717, 1.165) is 6.42 Å². The van der Waals surface area contributed by atoms with E-state index in [4.69, 9.17) is 0 Å². The first-order valence-corrected chi connectivity index (χ1v) is 7.97. The van der Waals surface area contributed by atoms with Crippen molar-refractivity contribution in [1.29, 1.82) is 0 Å². The molecule has 0 nitrogen and oxygen atoms in total. The molecule has 0 atom stereocenters. The molecule has 2 heteroatoms. The molecule has 0 N–H and O–H groups in total. The minimum absolute atomic E-state index is 0. The second kappa shape index (κ2) is 19.1. The van der Waals surface area contributed by atoms with E-state index in [0.29, 0.717) is 0 Å².